The van der Waals surface area contributed by atoms with Crippen molar-refractivity contribution in [3.8, 4) is 0 Å². The van der Waals surface area contributed by atoms with Crippen molar-refractivity contribution >= 4 is 11.9 Å². The van der Waals surface area contributed by atoms with E-state index in [1.54, 1.807) is 13.1 Å². The van der Waals surface area contributed by atoms with E-state index in [1.165, 1.54) is 11.8 Å². The lowest BCUT2D eigenvalue weighted by molar-refractivity contribution is -0.140. The first-order valence-corrected chi connectivity index (χ1v) is 5.93. The second-order valence-corrected chi connectivity index (χ2v) is 4.55. The predicted molar refractivity (Wildman–Crippen MR) is 68.1 cm³/mol. The van der Waals surface area contributed by atoms with Crippen LogP contribution in [0.1, 0.15) is 35.9 Å². The van der Waals surface area contributed by atoms with E-state index >= 15 is 0 Å². The largest absolute Gasteiger partial charge is 0.480 e. The van der Waals surface area contributed by atoms with E-state index in [1.807, 2.05) is 13.8 Å². The molecule has 0 aliphatic rings. The maximum absolute atomic E-state index is 12.0. The van der Waals surface area contributed by atoms with Crippen LogP contribution in [0.25, 0.3) is 0 Å². The molecule has 0 aromatic carbocycles. The third-order valence-corrected chi connectivity index (χ3v) is 2.66. The first kappa shape index (κ1) is 15.2. The van der Waals surface area contributed by atoms with Crippen molar-refractivity contribution in [3.63, 3.8) is 0 Å². The number of hydrogen-bond donors (Lipinski definition) is 2. The molecule has 1 aromatic heterocycles. The van der Waals surface area contributed by atoms with Gasteiger partial charge in [-0.05, 0) is 12.0 Å². The topological polar surface area (TPSA) is 93.5 Å². The summed E-state index contributed by atoms with van der Waals surface area (Å²) in [5.74, 6) is -1.42. The van der Waals surface area contributed by atoms with Crippen molar-refractivity contribution in [2.75, 3.05) is 13.7 Å². The molecule has 0 radical (unpaired) electrons. The van der Waals surface area contributed by atoms with Gasteiger partial charge in [-0.2, -0.15) is 5.10 Å². The molecule has 1 aromatic rings. The third kappa shape index (κ3) is 3.78. The fraction of sp³-hybridized carbons (Fsp3) is 0.583. The lowest BCUT2D eigenvalue weighted by atomic mass is 10.1. The Morgan fingerprint density at radius 2 is 2.16 bits per heavy atom. The molecule has 0 aliphatic heterocycles. The van der Waals surface area contributed by atoms with Gasteiger partial charge >= 0.3 is 5.97 Å². The molecule has 106 valence electrons. The number of carboxylic acid groups (broad SMARTS) is 1. The van der Waals surface area contributed by atoms with Gasteiger partial charge in [0, 0.05) is 14.2 Å². The Balaban J connectivity index is 2.85. The molecule has 19 heavy (non-hydrogen) atoms. The SMILES string of the molecule is COC[C@H](NC(=O)c1cc(C(C)C)nn1C)C(=O)O. The standard InChI is InChI=1S/C12H19N3O4/c1-7(2)8-5-10(15(3)14-8)11(16)13-9(6-19-4)12(17)18/h5,7,9H,6H2,1-4H3,(H,13,16)(H,17,18)/t9-/m0/s1. The van der Waals surface area contributed by atoms with Crippen LogP contribution in [-0.2, 0) is 16.6 Å². The van der Waals surface area contributed by atoms with Gasteiger partial charge in [0.15, 0.2) is 6.04 Å². The molecule has 0 saturated heterocycles. The molecule has 1 amide bonds. The maximum Gasteiger partial charge on any atom is 0.328 e. The number of hydrogen-bond acceptors (Lipinski definition) is 4. The first-order valence-electron chi connectivity index (χ1n) is 5.93. The van der Waals surface area contributed by atoms with Gasteiger partial charge in [-0.25, -0.2) is 4.79 Å². The molecule has 1 atom stereocenters. The van der Waals surface area contributed by atoms with Gasteiger partial charge in [0.2, 0.25) is 0 Å². The van der Waals surface area contributed by atoms with E-state index in [0.29, 0.717) is 5.69 Å². The van der Waals surface area contributed by atoms with Crippen LogP contribution < -0.4 is 5.32 Å². The van der Waals surface area contributed by atoms with Gasteiger partial charge < -0.3 is 15.2 Å². The Kier molecular flexibility index (Phi) is 5.05. The summed E-state index contributed by atoms with van der Waals surface area (Å²) in [5, 5.41) is 15.6. The third-order valence-electron chi connectivity index (χ3n) is 2.66. The van der Waals surface area contributed by atoms with Gasteiger partial charge in [-0.1, -0.05) is 13.8 Å². The minimum absolute atomic E-state index is 0.0873. The smallest absolute Gasteiger partial charge is 0.328 e. The molecule has 0 spiro atoms. The average molecular weight is 269 g/mol. The number of carboxylic acids is 1. The predicted octanol–water partition coefficient (Wildman–Crippen LogP) is 0.373. The van der Waals surface area contributed by atoms with E-state index < -0.39 is 17.9 Å². The number of rotatable bonds is 6. The summed E-state index contributed by atoms with van der Waals surface area (Å²) in [6.07, 6.45) is 0. The number of aryl methyl sites for hydroxylation is 1. The van der Waals surface area contributed by atoms with Crippen molar-refractivity contribution < 1.29 is 19.4 Å². The summed E-state index contributed by atoms with van der Waals surface area (Å²) < 4.78 is 6.20. The van der Waals surface area contributed by atoms with Crippen LogP contribution in [0.3, 0.4) is 0 Å². The zero-order valence-electron chi connectivity index (χ0n) is 11.5. The lowest BCUT2D eigenvalue weighted by Crippen LogP contribution is -2.44. The molecular formula is C12H19N3O4. The van der Waals surface area contributed by atoms with Crippen LogP contribution >= 0.6 is 0 Å². The summed E-state index contributed by atoms with van der Waals surface area (Å²) in [5.41, 5.74) is 1.11. The molecule has 0 unspecified atom stereocenters. The fourth-order valence-electron chi connectivity index (χ4n) is 1.56. The van der Waals surface area contributed by atoms with Crippen molar-refractivity contribution in [2.24, 2.45) is 7.05 Å². The molecule has 1 heterocycles. The van der Waals surface area contributed by atoms with E-state index in [2.05, 4.69) is 10.4 Å². The zero-order valence-corrected chi connectivity index (χ0v) is 11.5. The number of amides is 1. The van der Waals surface area contributed by atoms with E-state index in [4.69, 9.17) is 9.84 Å². The number of aliphatic carboxylic acids is 1. The number of carbonyl (C=O) groups excluding carboxylic acids is 1. The second kappa shape index (κ2) is 6.33. The average Bonchev–Trinajstić information content (AvgIpc) is 2.70. The van der Waals surface area contributed by atoms with Gasteiger partial charge in [0.1, 0.15) is 5.69 Å². The molecule has 0 saturated carbocycles. The highest BCUT2D eigenvalue weighted by atomic mass is 16.5. The molecular weight excluding hydrogens is 250 g/mol. The zero-order chi connectivity index (χ0) is 14.6. The molecule has 1 rings (SSSR count). The van der Waals surface area contributed by atoms with Gasteiger partial charge in [0.05, 0.1) is 12.3 Å². The normalized spacial score (nSPS) is 12.5. The Labute approximate surface area is 111 Å². The Morgan fingerprint density at radius 1 is 1.53 bits per heavy atom. The number of aromatic nitrogens is 2. The summed E-state index contributed by atoms with van der Waals surface area (Å²) in [4.78, 5) is 22.9. The summed E-state index contributed by atoms with van der Waals surface area (Å²) >= 11 is 0. The highest BCUT2D eigenvalue weighted by Crippen LogP contribution is 2.13. The van der Waals surface area contributed by atoms with E-state index in [-0.39, 0.29) is 12.5 Å². The molecule has 0 bridgehead atoms. The number of methoxy groups -OCH3 is 1. The Bertz CT molecular complexity index is 468. The minimum atomic E-state index is -1.14. The molecule has 2 N–H and O–H groups in total. The van der Waals surface area contributed by atoms with Crippen molar-refractivity contribution in [2.45, 2.75) is 25.8 Å². The van der Waals surface area contributed by atoms with Gasteiger partial charge in [-0.3, -0.25) is 9.48 Å². The van der Waals surface area contributed by atoms with Crippen molar-refractivity contribution in [1.29, 1.82) is 0 Å². The van der Waals surface area contributed by atoms with Crippen molar-refractivity contribution in [1.82, 2.24) is 15.1 Å². The van der Waals surface area contributed by atoms with Crippen LogP contribution in [0.15, 0.2) is 6.07 Å². The van der Waals surface area contributed by atoms with Crippen LogP contribution in [0.4, 0.5) is 0 Å². The highest BCUT2D eigenvalue weighted by molar-refractivity contribution is 5.95. The van der Waals surface area contributed by atoms with E-state index in [0.717, 1.165) is 5.69 Å². The second-order valence-electron chi connectivity index (χ2n) is 4.55. The fourth-order valence-corrected chi connectivity index (χ4v) is 1.56. The maximum atomic E-state index is 12.0. The number of ether oxygens (including phenoxy) is 1. The van der Waals surface area contributed by atoms with E-state index in [9.17, 15) is 9.59 Å². The monoisotopic (exact) mass is 269 g/mol. The molecule has 7 heteroatoms. The van der Waals surface area contributed by atoms with Crippen LogP contribution in [-0.4, -0.2) is 46.5 Å². The minimum Gasteiger partial charge on any atom is -0.480 e. The molecule has 0 fully saturated rings. The summed E-state index contributed by atoms with van der Waals surface area (Å²) in [7, 11) is 3.02. The van der Waals surface area contributed by atoms with Gasteiger partial charge in [-0.15, -0.1) is 0 Å². The number of carbonyl (C=O) groups is 2. The van der Waals surface area contributed by atoms with Gasteiger partial charge in [0.25, 0.3) is 5.91 Å². The van der Waals surface area contributed by atoms with Crippen LogP contribution in [0, 0.1) is 0 Å². The summed E-state index contributed by atoms with van der Waals surface area (Å²) in [6.45, 7) is 3.85. The number of nitrogens with zero attached hydrogens (tertiary/aromatic N) is 2. The quantitative estimate of drug-likeness (QED) is 0.778. The Morgan fingerprint density at radius 3 is 2.58 bits per heavy atom. The Hall–Kier alpha value is -1.89. The molecule has 0 aliphatic carbocycles. The molecule has 7 nitrogen and oxygen atoms in total. The van der Waals surface area contributed by atoms with Crippen LogP contribution in [0.5, 0.6) is 0 Å². The first-order chi connectivity index (χ1) is 8.86. The van der Waals surface area contributed by atoms with Crippen LogP contribution in [0.2, 0.25) is 0 Å². The van der Waals surface area contributed by atoms with Crippen molar-refractivity contribution in [3.05, 3.63) is 17.5 Å². The lowest BCUT2D eigenvalue weighted by Gasteiger charge is -2.13. The summed E-state index contributed by atoms with van der Waals surface area (Å²) in [6, 6.07) is 0.584. The number of nitrogens with one attached hydrogen (secondary N) is 1. The highest BCUT2D eigenvalue weighted by Gasteiger charge is 2.23.